The molecular formula is C8H16N2O2. The highest BCUT2D eigenvalue weighted by molar-refractivity contribution is 5.84. The molecule has 0 amide bonds. The van der Waals surface area contributed by atoms with E-state index in [0.29, 0.717) is 0 Å². The predicted molar refractivity (Wildman–Crippen MR) is 45.1 cm³/mol. The van der Waals surface area contributed by atoms with E-state index >= 15 is 0 Å². The first-order valence-electron chi connectivity index (χ1n) is 4.11. The number of nitrogens with one attached hydrogen (secondary N) is 1. The summed E-state index contributed by atoms with van der Waals surface area (Å²) in [5.74, 6) is 5.00. The molecule has 4 heteroatoms. The van der Waals surface area contributed by atoms with E-state index in [9.17, 15) is 4.79 Å². The summed E-state index contributed by atoms with van der Waals surface area (Å²) in [7, 11) is 0. The second-order valence-electron chi connectivity index (χ2n) is 4.23. The van der Waals surface area contributed by atoms with Gasteiger partial charge in [0, 0.05) is 0 Å². The Morgan fingerprint density at radius 3 is 2.25 bits per heavy atom. The SMILES string of the molecule is CC(C)(C)OC(=O)C1(NN)CC1. The second-order valence-corrected chi connectivity index (χ2v) is 4.23. The van der Waals surface area contributed by atoms with Gasteiger partial charge in [-0.1, -0.05) is 0 Å². The van der Waals surface area contributed by atoms with Crippen LogP contribution in [0.15, 0.2) is 0 Å². The number of hydrazine groups is 1. The molecule has 0 radical (unpaired) electrons. The molecule has 1 saturated carbocycles. The molecule has 3 N–H and O–H groups in total. The van der Waals surface area contributed by atoms with Gasteiger partial charge in [-0.2, -0.15) is 0 Å². The maximum absolute atomic E-state index is 11.4. The van der Waals surface area contributed by atoms with Crippen molar-refractivity contribution >= 4 is 5.97 Å². The molecule has 1 rings (SSSR count). The highest BCUT2D eigenvalue weighted by Gasteiger charge is 2.51. The topological polar surface area (TPSA) is 64.3 Å². The molecule has 0 aromatic heterocycles. The molecular weight excluding hydrogens is 156 g/mol. The Balaban J connectivity index is 2.49. The monoisotopic (exact) mass is 172 g/mol. The third-order valence-corrected chi connectivity index (χ3v) is 1.82. The van der Waals surface area contributed by atoms with Crippen molar-refractivity contribution in [3.63, 3.8) is 0 Å². The van der Waals surface area contributed by atoms with E-state index < -0.39 is 11.1 Å². The van der Waals surface area contributed by atoms with Gasteiger partial charge in [-0.05, 0) is 33.6 Å². The fourth-order valence-electron chi connectivity index (χ4n) is 0.908. The maximum Gasteiger partial charge on any atom is 0.328 e. The summed E-state index contributed by atoms with van der Waals surface area (Å²) in [5.41, 5.74) is 1.50. The van der Waals surface area contributed by atoms with Crippen molar-refractivity contribution in [2.24, 2.45) is 5.84 Å². The summed E-state index contributed by atoms with van der Waals surface area (Å²) in [4.78, 5) is 11.4. The number of rotatable bonds is 2. The van der Waals surface area contributed by atoms with Crippen LogP contribution in [0.2, 0.25) is 0 Å². The predicted octanol–water partition coefficient (Wildman–Crippen LogP) is 0.324. The quantitative estimate of drug-likeness (QED) is 0.358. The van der Waals surface area contributed by atoms with Crippen molar-refractivity contribution in [2.45, 2.75) is 44.8 Å². The number of ether oxygens (including phenoxy) is 1. The standard InChI is InChI=1S/C8H16N2O2/c1-7(2,3)12-6(11)8(10-9)4-5-8/h10H,4-5,9H2,1-3H3. The van der Waals surface area contributed by atoms with Crippen LogP contribution < -0.4 is 11.3 Å². The Morgan fingerprint density at radius 2 is 2.00 bits per heavy atom. The normalized spacial score (nSPS) is 20.3. The lowest BCUT2D eigenvalue weighted by Gasteiger charge is -2.23. The third-order valence-electron chi connectivity index (χ3n) is 1.82. The zero-order valence-corrected chi connectivity index (χ0v) is 7.81. The number of esters is 1. The largest absolute Gasteiger partial charge is 0.459 e. The number of hydrogen-bond acceptors (Lipinski definition) is 4. The van der Waals surface area contributed by atoms with Gasteiger partial charge in [0.1, 0.15) is 11.1 Å². The lowest BCUT2D eigenvalue weighted by molar-refractivity contribution is -0.158. The smallest absolute Gasteiger partial charge is 0.328 e. The first kappa shape index (κ1) is 9.48. The minimum atomic E-state index is -0.576. The van der Waals surface area contributed by atoms with Crippen LogP contribution in [0, 0.1) is 0 Å². The fourth-order valence-corrected chi connectivity index (χ4v) is 0.908. The molecule has 0 aromatic carbocycles. The number of carbonyl (C=O) groups is 1. The van der Waals surface area contributed by atoms with Crippen molar-refractivity contribution in [3.05, 3.63) is 0 Å². The average Bonchev–Trinajstić information content (AvgIpc) is 2.62. The van der Waals surface area contributed by atoms with Gasteiger partial charge < -0.3 is 4.74 Å². The number of hydrogen-bond donors (Lipinski definition) is 2. The van der Waals surface area contributed by atoms with Gasteiger partial charge in [-0.15, -0.1) is 0 Å². The van der Waals surface area contributed by atoms with Crippen LogP contribution in [0.5, 0.6) is 0 Å². The molecule has 70 valence electrons. The summed E-state index contributed by atoms with van der Waals surface area (Å²) in [5, 5.41) is 0. The highest BCUT2D eigenvalue weighted by atomic mass is 16.6. The van der Waals surface area contributed by atoms with E-state index in [-0.39, 0.29) is 5.97 Å². The molecule has 0 bridgehead atoms. The van der Waals surface area contributed by atoms with Crippen LogP contribution in [0.25, 0.3) is 0 Å². The Labute approximate surface area is 72.4 Å². The van der Waals surface area contributed by atoms with E-state index in [1.54, 1.807) is 0 Å². The van der Waals surface area contributed by atoms with Crippen LogP contribution >= 0.6 is 0 Å². The molecule has 0 spiro atoms. The summed E-state index contributed by atoms with van der Waals surface area (Å²) in [6.45, 7) is 5.53. The van der Waals surface area contributed by atoms with Gasteiger partial charge >= 0.3 is 5.97 Å². The van der Waals surface area contributed by atoms with Crippen LogP contribution in [-0.4, -0.2) is 17.1 Å². The van der Waals surface area contributed by atoms with Gasteiger partial charge in [-0.3, -0.25) is 5.84 Å². The van der Waals surface area contributed by atoms with Gasteiger partial charge in [-0.25, -0.2) is 10.2 Å². The van der Waals surface area contributed by atoms with E-state index in [1.807, 2.05) is 20.8 Å². The molecule has 0 saturated heterocycles. The van der Waals surface area contributed by atoms with Crippen LogP contribution in [0.3, 0.4) is 0 Å². The minimum Gasteiger partial charge on any atom is -0.459 e. The first-order chi connectivity index (χ1) is 5.40. The van der Waals surface area contributed by atoms with E-state index in [1.165, 1.54) is 0 Å². The first-order valence-corrected chi connectivity index (χ1v) is 4.11. The zero-order valence-electron chi connectivity index (χ0n) is 7.81. The molecule has 1 aliphatic rings. The van der Waals surface area contributed by atoms with Crippen LogP contribution in [0.1, 0.15) is 33.6 Å². The molecule has 1 aliphatic carbocycles. The minimum absolute atomic E-state index is 0.238. The molecule has 4 nitrogen and oxygen atoms in total. The van der Waals surface area contributed by atoms with Crippen molar-refractivity contribution in [3.8, 4) is 0 Å². The van der Waals surface area contributed by atoms with Gasteiger partial charge in [0.2, 0.25) is 0 Å². The van der Waals surface area contributed by atoms with Crippen molar-refractivity contribution in [2.75, 3.05) is 0 Å². The summed E-state index contributed by atoms with van der Waals surface area (Å²) in [6.07, 6.45) is 1.55. The highest BCUT2D eigenvalue weighted by Crippen LogP contribution is 2.36. The van der Waals surface area contributed by atoms with Crippen molar-refractivity contribution in [1.29, 1.82) is 0 Å². The molecule has 12 heavy (non-hydrogen) atoms. The lowest BCUT2D eigenvalue weighted by Crippen LogP contribution is -2.46. The van der Waals surface area contributed by atoms with Gasteiger partial charge in [0.25, 0.3) is 0 Å². The van der Waals surface area contributed by atoms with E-state index in [2.05, 4.69) is 5.43 Å². The Kier molecular flexibility index (Phi) is 2.14. The summed E-state index contributed by atoms with van der Waals surface area (Å²) >= 11 is 0. The van der Waals surface area contributed by atoms with Crippen molar-refractivity contribution < 1.29 is 9.53 Å². The summed E-state index contributed by atoms with van der Waals surface area (Å²) in [6, 6.07) is 0. The third kappa shape index (κ3) is 1.95. The fraction of sp³-hybridized carbons (Fsp3) is 0.875. The molecule has 1 fully saturated rings. The Morgan fingerprint density at radius 1 is 1.50 bits per heavy atom. The zero-order chi connectivity index (χ0) is 9.41. The molecule has 0 aromatic rings. The second kappa shape index (κ2) is 2.71. The Hall–Kier alpha value is -0.610. The molecule has 0 atom stereocenters. The van der Waals surface area contributed by atoms with E-state index in [4.69, 9.17) is 10.6 Å². The Bertz CT molecular complexity index is 192. The van der Waals surface area contributed by atoms with Crippen LogP contribution in [0.4, 0.5) is 0 Å². The van der Waals surface area contributed by atoms with Gasteiger partial charge in [0.05, 0.1) is 0 Å². The van der Waals surface area contributed by atoms with Crippen LogP contribution in [-0.2, 0) is 9.53 Å². The number of carbonyl (C=O) groups excluding carboxylic acids is 1. The lowest BCUT2D eigenvalue weighted by atomic mass is 10.2. The molecule has 0 unspecified atom stereocenters. The molecule has 0 aliphatic heterocycles. The average molecular weight is 172 g/mol. The summed E-state index contributed by atoms with van der Waals surface area (Å²) < 4.78 is 5.17. The maximum atomic E-state index is 11.4. The van der Waals surface area contributed by atoms with E-state index in [0.717, 1.165) is 12.8 Å². The van der Waals surface area contributed by atoms with Gasteiger partial charge in [0.15, 0.2) is 0 Å². The molecule has 0 heterocycles. The van der Waals surface area contributed by atoms with Crippen molar-refractivity contribution in [1.82, 2.24) is 5.43 Å². The number of nitrogens with two attached hydrogens (primary N) is 1.